The molecule has 0 aliphatic carbocycles. The van der Waals surface area contributed by atoms with Gasteiger partial charge in [-0.2, -0.15) is 4.68 Å². The molecule has 1 aromatic carbocycles. The Morgan fingerprint density at radius 2 is 2.05 bits per heavy atom. The number of hydrogen-bond acceptors (Lipinski definition) is 8. The predicted octanol–water partition coefficient (Wildman–Crippen LogP) is 1.33. The largest absolute Gasteiger partial charge is 0.497 e. The molecule has 0 amide bonds. The van der Waals surface area contributed by atoms with Gasteiger partial charge in [0.1, 0.15) is 22.4 Å². The molecule has 0 N–H and O–H groups in total. The van der Waals surface area contributed by atoms with Gasteiger partial charge >= 0.3 is 5.97 Å². The minimum atomic E-state index is -0.439. The Hall–Kier alpha value is -2.29. The van der Waals surface area contributed by atoms with Gasteiger partial charge in [-0.1, -0.05) is 11.8 Å². The Morgan fingerprint density at radius 3 is 2.68 bits per heavy atom. The molecule has 1 aromatic heterocycles. The molecule has 22 heavy (non-hydrogen) atoms. The average Bonchev–Trinajstić information content (AvgIpc) is 3.01. The Balaban J connectivity index is 2.38. The Kier molecular flexibility index (Phi) is 5.21. The highest BCUT2D eigenvalue weighted by Gasteiger charge is 2.21. The summed E-state index contributed by atoms with van der Waals surface area (Å²) >= 11 is 1.19. The Labute approximate surface area is 131 Å². The van der Waals surface area contributed by atoms with Crippen molar-refractivity contribution in [2.24, 2.45) is 0 Å². The molecule has 9 heteroatoms. The van der Waals surface area contributed by atoms with Gasteiger partial charge in [-0.05, 0) is 29.5 Å². The van der Waals surface area contributed by atoms with Gasteiger partial charge in [-0.25, -0.2) is 0 Å². The van der Waals surface area contributed by atoms with Crippen molar-refractivity contribution < 1.29 is 19.0 Å². The number of methoxy groups -OCH3 is 3. The molecular weight excluding hydrogens is 308 g/mol. The monoisotopic (exact) mass is 324 g/mol. The van der Waals surface area contributed by atoms with Crippen molar-refractivity contribution in [3.8, 4) is 17.2 Å². The van der Waals surface area contributed by atoms with E-state index in [0.717, 1.165) is 0 Å². The number of esters is 1. The zero-order valence-electron chi connectivity index (χ0n) is 12.6. The number of nitrogens with zero attached hydrogens (tertiary/aromatic N) is 4. The molecule has 0 bridgehead atoms. The highest BCUT2D eigenvalue weighted by atomic mass is 32.2. The highest BCUT2D eigenvalue weighted by Crippen LogP contribution is 2.30. The second-order valence-corrected chi connectivity index (χ2v) is 5.50. The standard InChI is InChI=1S/C13H16N4O4S/c1-8(12(18)21-4)22-13-14-15-16-17(13)10-7-9(19-2)5-6-11(10)20-3/h5-8H,1-4H3/t8-/m0/s1. The Morgan fingerprint density at radius 1 is 1.27 bits per heavy atom. The summed E-state index contributed by atoms with van der Waals surface area (Å²) in [5.41, 5.74) is 0.617. The summed E-state index contributed by atoms with van der Waals surface area (Å²) in [6, 6.07) is 5.28. The molecule has 8 nitrogen and oxygen atoms in total. The Bertz CT molecular complexity index is 661. The minimum Gasteiger partial charge on any atom is -0.497 e. The van der Waals surface area contributed by atoms with E-state index in [4.69, 9.17) is 14.2 Å². The van der Waals surface area contributed by atoms with Crippen LogP contribution in [0.5, 0.6) is 11.5 Å². The van der Waals surface area contributed by atoms with E-state index in [1.165, 1.54) is 23.6 Å². The van der Waals surface area contributed by atoms with Crippen molar-refractivity contribution in [2.45, 2.75) is 17.3 Å². The number of hydrogen-bond donors (Lipinski definition) is 0. The zero-order chi connectivity index (χ0) is 16.1. The van der Waals surface area contributed by atoms with E-state index >= 15 is 0 Å². The summed E-state index contributed by atoms with van der Waals surface area (Å²) < 4.78 is 16.7. The van der Waals surface area contributed by atoms with Crippen molar-refractivity contribution >= 4 is 17.7 Å². The van der Waals surface area contributed by atoms with Gasteiger partial charge in [-0.3, -0.25) is 4.79 Å². The van der Waals surface area contributed by atoms with Crippen LogP contribution < -0.4 is 9.47 Å². The maximum absolute atomic E-state index is 11.5. The van der Waals surface area contributed by atoms with E-state index in [2.05, 4.69) is 15.5 Å². The summed E-state index contributed by atoms with van der Waals surface area (Å²) in [6.07, 6.45) is 0. The first-order valence-corrected chi connectivity index (χ1v) is 7.24. The van der Waals surface area contributed by atoms with Crippen molar-refractivity contribution in [2.75, 3.05) is 21.3 Å². The predicted molar refractivity (Wildman–Crippen MR) is 79.6 cm³/mol. The van der Waals surface area contributed by atoms with Gasteiger partial charge in [-0.15, -0.1) is 5.10 Å². The van der Waals surface area contributed by atoms with Gasteiger partial charge in [0.15, 0.2) is 0 Å². The van der Waals surface area contributed by atoms with Crippen molar-refractivity contribution in [3.05, 3.63) is 18.2 Å². The third kappa shape index (κ3) is 3.30. The number of thioether (sulfide) groups is 1. The number of ether oxygens (including phenoxy) is 3. The topological polar surface area (TPSA) is 88.4 Å². The van der Waals surface area contributed by atoms with Crippen LogP contribution in [-0.2, 0) is 9.53 Å². The third-order valence-corrected chi connectivity index (χ3v) is 3.88. The third-order valence-electron chi connectivity index (χ3n) is 2.87. The maximum Gasteiger partial charge on any atom is 0.318 e. The van der Waals surface area contributed by atoms with Crippen LogP contribution in [-0.4, -0.2) is 52.8 Å². The van der Waals surface area contributed by atoms with Crippen molar-refractivity contribution in [1.29, 1.82) is 0 Å². The molecule has 1 heterocycles. The van der Waals surface area contributed by atoms with Crippen LogP contribution in [0.1, 0.15) is 6.92 Å². The average molecular weight is 324 g/mol. The first kappa shape index (κ1) is 16.1. The van der Waals surface area contributed by atoms with Crippen LogP contribution in [0.15, 0.2) is 23.4 Å². The fourth-order valence-electron chi connectivity index (χ4n) is 1.74. The van der Waals surface area contributed by atoms with E-state index in [9.17, 15) is 4.79 Å². The first-order valence-electron chi connectivity index (χ1n) is 6.36. The number of tetrazole rings is 1. The molecule has 1 atom stereocenters. The van der Waals surface area contributed by atoms with Crippen LogP contribution >= 0.6 is 11.8 Å². The zero-order valence-corrected chi connectivity index (χ0v) is 13.5. The number of rotatable bonds is 6. The van der Waals surface area contributed by atoms with E-state index in [1.54, 1.807) is 39.3 Å². The van der Waals surface area contributed by atoms with E-state index < -0.39 is 5.25 Å². The summed E-state index contributed by atoms with van der Waals surface area (Å²) in [4.78, 5) is 11.5. The van der Waals surface area contributed by atoms with Crippen molar-refractivity contribution in [1.82, 2.24) is 20.2 Å². The lowest BCUT2D eigenvalue weighted by Crippen LogP contribution is -2.15. The molecule has 0 saturated heterocycles. The second kappa shape index (κ2) is 7.12. The van der Waals surface area contributed by atoms with E-state index in [1.807, 2.05) is 0 Å². The quantitative estimate of drug-likeness (QED) is 0.581. The van der Waals surface area contributed by atoms with E-state index in [0.29, 0.717) is 22.3 Å². The summed E-state index contributed by atoms with van der Waals surface area (Å²) in [5.74, 6) is 0.876. The SMILES string of the molecule is COC(=O)[C@H](C)Sc1nnnn1-c1cc(OC)ccc1OC. The van der Waals surface area contributed by atoms with Gasteiger partial charge in [0.05, 0.1) is 21.3 Å². The fourth-order valence-corrected chi connectivity index (χ4v) is 2.57. The summed E-state index contributed by atoms with van der Waals surface area (Å²) in [7, 11) is 4.47. The molecule has 0 unspecified atom stereocenters. The number of aromatic nitrogens is 4. The summed E-state index contributed by atoms with van der Waals surface area (Å²) in [6.45, 7) is 1.72. The second-order valence-electron chi connectivity index (χ2n) is 4.19. The van der Waals surface area contributed by atoms with Crippen LogP contribution in [0.3, 0.4) is 0 Å². The van der Waals surface area contributed by atoms with E-state index in [-0.39, 0.29) is 5.97 Å². The smallest absolute Gasteiger partial charge is 0.318 e. The lowest BCUT2D eigenvalue weighted by Gasteiger charge is -2.12. The molecular formula is C13H16N4O4S. The van der Waals surface area contributed by atoms with Crippen LogP contribution in [0.4, 0.5) is 0 Å². The number of carbonyl (C=O) groups excluding carboxylic acids is 1. The maximum atomic E-state index is 11.5. The molecule has 0 aliphatic heterocycles. The lowest BCUT2D eigenvalue weighted by atomic mass is 10.3. The first-order chi connectivity index (χ1) is 10.6. The summed E-state index contributed by atoms with van der Waals surface area (Å²) in [5, 5.41) is 11.6. The van der Waals surface area contributed by atoms with Gasteiger partial charge < -0.3 is 14.2 Å². The molecule has 0 radical (unpaired) electrons. The molecule has 118 valence electrons. The van der Waals surface area contributed by atoms with Gasteiger partial charge in [0.25, 0.3) is 0 Å². The normalized spacial score (nSPS) is 11.8. The fraction of sp³-hybridized carbons (Fsp3) is 0.385. The molecule has 0 fully saturated rings. The number of benzene rings is 1. The van der Waals surface area contributed by atoms with Crippen molar-refractivity contribution in [3.63, 3.8) is 0 Å². The molecule has 0 saturated carbocycles. The molecule has 0 spiro atoms. The molecule has 2 aromatic rings. The number of carbonyl (C=O) groups is 1. The van der Waals surface area contributed by atoms with Crippen LogP contribution in [0, 0.1) is 0 Å². The van der Waals surface area contributed by atoms with Gasteiger partial charge in [0, 0.05) is 6.07 Å². The lowest BCUT2D eigenvalue weighted by molar-refractivity contribution is -0.139. The van der Waals surface area contributed by atoms with Gasteiger partial charge in [0.2, 0.25) is 5.16 Å². The van der Waals surface area contributed by atoms with Crippen LogP contribution in [0.25, 0.3) is 5.69 Å². The highest BCUT2D eigenvalue weighted by molar-refractivity contribution is 8.00. The minimum absolute atomic E-state index is 0.350. The molecule has 0 aliphatic rings. The molecule has 2 rings (SSSR count). The van der Waals surface area contributed by atoms with Crippen LogP contribution in [0.2, 0.25) is 0 Å².